The number of halogens is 2. The van der Waals surface area contributed by atoms with Gasteiger partial charge in [-0.25, -0.2) is 4.39 Å². The quantitative estimate of drug-likeness (QED) is 0.693. The van der Waals surface area contributed by atoms with E-state index in [1.165, 1.54) is 23.8 Å². The van der Waals surface area contributed by atoms with Crippen molar-refractivity contribution < 1.29 is 9.18 Å². The molecule has 24 heavy (non-hydrogen) atoms. The van der Waals surface area contributed by atoms with Gasteiger partial charge in [0.25, 0.3) is 0 Å². The Balaban J connectivity index is 1.76. The van der Waals surface area contributed by atoms with E-state index in [4.69, 9.17) is 11.6 Å². The first kappa shape index (κ1) is 16.5. The highest BCUT2D eigenvalue weighted by molar-refractivity contribution is 6.31. The van der Waals surface area contributed by atoms with Crippen molar-refractivity contribution in [3.63, 3.8) is 0 Å². The molecule has 0 radical (unpaired) electrons. The Bertz CT molecular complexity index is 902. The van der Waals surface area contributed by atoms with Crippen LogP contribution in [0.2, 0.25) is 5.02 Å². The minimum absolute atomic E-state index is 0.0135. The van der Waals surface area contributed by atoms with Crippen molar-refractivity contribution in [1.29, 1.82) is 0 Å². The molecule has 1 N–H and O–H groups in total. The zero-order valence-electron chi connectivity index (χ0n) is 13.5. The summed E-state index contributed by atoms with van der Waals surface area (Å²) in [5.74, 6) is -0.237. The molecule has 0 fully saturated rings. The number of aromatic nitrogens is 1. The molecule has 3 nitrogen and oxygen atoms in total. The lowest BCUT2D eigenvalue weighted by Crippen LogP contribution is -2.18. The molecule has 0 aliphatic rings. The van der Waals surface area contributed by atoms with E-state index in [1.54, 1.807) is 0 Å². The number of nitrogens with zero attached hydrogens (tertiary/aromatic N) is 1. The molecule has 3 aromatic rings. The number of hydrogen-bond acceptors (Lipinski definition) is 1. The summed E-state index contributed by atoms with van der Waals surface area (Å²) in [6.45, 7) is 4.48. The average Bonchev–Trinajstić information content (AvgIpc) is 2.93. The Morgan fingerprint density at radius 3 is 2.71 bits per heavy atom. The first-order chi connectivity index (χ1) is 11.4. The number of anilines is 1. The van der Waals surface area contributed by atoms with Gasteiger partial charge in [0.1, 0.15) is 12.4 Å². The van der Waals surface area contributed by atoms with Gasteiger partial charge in [-0.2, -0.15) is 0 Å². The summed E-state index contributed by atoms with van der Waals surface area (Å²) in [6.07, 6.45) is 1.89. The highest BCUT2D eigenvalue weighted by atomic mass is 35.5. The number of amides is 1. The van der Waals surface area contributed by atoms with Crippen LogP contribution >= 0.6 is 11.6 Å². The molecule has 5 heteroatoms. The van der Waals surface area contributed by atoms with E-state index in [1.807, 2.05) is 22.9 Å². The van der Waals surface area contributed by atoms with E-state index in [-0.39, 0.29) is 17.5 Å². The fourth-order valence-electron chi connectivity index (χ4n) is 2.64. The first-order valence-corrected chi connectivity index (χ1v) is 8.15. The van der Waals surface area contributed by atoms with Crippen molar-refractivity contribution in [3.8, 4) is 0 Å². The summed E-state index contributed by atoms with van der Waals surface area (Å²) in [5.41, 5.74) is 2.75. The number of carbonyl (C=O) groups is 1. The molecule has 2 aromatic carbocycles. The van der Waals surface area contributed by atoms with Crippen LogP contribution in [0.4, 0.5) is 10.1 Å². The van der Waals surface area contributed by atoms with Gasteiger partial charge in [0.2, 0.25) is 5.91 Å². The second kappa shape index (κ2) is 6.65. The Hall–Kier alpha value is -2.33. The monoisotopic (exact) mass is 344 g/mol. The summed E-state index contributed by atoms with van der Waals surface area (Å²) in [6, 6.07) is 12.4. The van der Waals surface area contributed by atoms with Crippen molar-refractivity contribution in [2.75, 3.05) is 5.32 Å². The molecule has 1 aromatic heterocycles. The predicted molar refractivity (Wildman–Crippen MR) is 96.1 cm³/mol. The summed E-state index contributed by atoms with van der Waals surface area (Å²) in [7, 11) is 0. The maximum atomic E-state index is 13.2. The summed E-state index contributed by atoms with van der Waals surface area (Å²) in [4.78, 5) is 12.2. The lowest BCUT2D eigenvalue weighted by atomic mass is 10.0. The van der Waals surface area contributed by atoms with Gasteiger partial charge in [-0.1, -0.05) is 31.5 Å². The number of benzene rings is 2. The highest BCUT2D eigenvalue weighted by Gasteiger charge is 2.09. The van der Waals surface area contributed by atoms with Crippen LogP contribution in [0.15, 0.2) is 48.7 Å². The van der Waals surface area contributed by atoms with Crippen LogP contribution in [0, 0.1) is 5.82 Å². The summed E-state index contributed by atoms with van der Waals surface area (Å²) < 4.78 is 15.0. The largest absolute Gasteiger partial charge is 0.338 e. The first-order valence-electron chi connectivity index (χ1n) is 7.78. The number of hydrogen-bond donors (Lipinski definition) is 1. The highest BCUT2D eigenvalue weighted by Crippen LogP contribution is 2.23. The maximum absolute atomic E-state index is 13.2. The zero-order chi connectivity index (χ0) is 17.3. The second-order valence-corrected chi connectivity index (χ2v) is 6.50. The predicted octanol–water partition coefficient (Wildman–Crippen LogP) is 5.20. The fourth-order valence-corrected chi connectivity index (χ4v) is 2.83. The van der Waals surface area contributed by atoms with E-state index in [0.29, 0.717) is 11.6 Å². The molecule has 0 aliphatic heterocycles. The Labute approximate surface area is 145 Å². The zero-order valence-corrected chi connectivity index (χ0v) is 14.3. The number of fused-ring (bicyclic) bond motifs is 1. The minimum atomic E-state index is -0.507. The number of carbonyl (C=O) groups excluding carboxylic acids is 1. The lowest BCUT2D eigenvalue weighted by Gasteiger charge is -2.09. The molecule has 0 bridgehead atoms. The summed E-state index contributed by atoms with van der Waals surface area (Å²) >= 11 is 5.73. The van der Waals surface area contributed by atoms with Gasteiger partial charge in [-0.15, -0.1) is 0 Å². The molecule has 0 aliphatic carbocycles. The molecular formula is C19H18ClFN2O. The fraction of sp³-hybridized carbons (Fsp3) is 0.211. The SMILES string of the molecule is CC(C)c1ccc2c(ccn2CC(=O)Nc2ccc(F)c(Cl)c2)c1. The lowest BCUT2D eigenvalue weighted by molar-refractivity contribution is -0.116. The molecular weight excluding hydrogens is 327 g/mol. The van der Waals surface area contributed by atoms with Gasteiger partial charge in [-0.3, -0.25) is 4.79 Å². The minimum Gasteiger partial charge on any atom is -0.338 e. The van der Waals surface area contributed by atoms with E-state index >= 15 is 0 Å². The van der Waals surface area contributed by atoms with Crippen molar-refractivity contribution in [1.82, 2.24) is 4.57 Å². The molecule has 0 atom stereocenters. The molecule has 1 heterocycles. The van der Waals surface area contributed by atoms with Gasteiger partial charge >= 0.3 is 0 Å². The van der Waals surface area contributed by atoms with Crippen molar-refractivity contribution in [2.45, 2.75) is 26.3 Å². The van der Waals surface area contributed by atoms with Crippen molar-refractivity contribution >= 4 is 34.1 Å². The third kappa shape index (κ3) is 3.44. The van der Waals surface area contributed by atoms with E-state index in [0.717, 1.165) is 10.9 Å². The van der Waals surface area contributed by atoms with E-state index in [2.05, 4.69) is 31.3 Å². The molecule has 3 rings (SSSR count). The van der Waals surface area contributed by atoms with Crippen LogP contribution in [-0.2, 0) is 11.3 Å². The number of nitrogens with one attached hydrogen (secondary N) is 1. The second-order valence-electron chi connectivity index (χ2n) is 6.09. The third-order valence-corrected chi connectivity index (χ3v) is 4.27. The van der Waals surface area contributed by atoms with Crippen LogP contribution in [0.1, 0.15) is 25.3 Å². The molecule has 0 spiro atoms. The van der Waals surface area contributed by atoms with Crippen molar-refractivity contribution in [3.05, 3.63) is 65.1 Å². The topological polar surface area (TPSA) is 34.0 Å². The van der Waals surface area contributed by atoms with Crippen LogP contribution < -0.4 is 5.32 Å². The third-order valence-electron chi connectivity index (χ3n) is 3.98. The van der Waals surface area contributed by atoms with Crippen LogP contribution in [0.3, 0.4) is 0 Å². The van der Waals surface area contributed by atoms with E-state index in [9.17, 15) is 9.18 Å². The van der Waals surface area contributed by atoms with Crippen LogP contribution in [0.5, 0.6) is 0 Å². The van der Waals surface area contributed by atoms with Gasteiger partial charge in [0.05, 0.1) is 5.02 Å². The van der Waals surface area contributed by atoms with Crippen molar-refractivity contribution in [2.24, 2.45) is 0 Å². The van der Waals surface area contributed by atoms with Gasteiger partial charge in [-0.05, 0) is 53.3 Å². The van der Waals surface area contributed by atoms with E-state index < -0.39 is 5.82 Å². The molecule has 0 saturated heterocycles. The normalized spacial score (nSPS) is 11.2. The maximum Gasteiger partial charge on any atom is 0.244 e. The molecule has 1 amide bonds. The van der Waals surface area contributed by atoms with Gasteiger partial charge in [0.15, 0.2) is 0 Å². The molecule has 0 unspecified atom stereocenters. The smallest absolute Gasteiger partial charge is 0.244 e. The Morgan fingerprint density at radius 1 is 1.21 bits per heavy atom. The summed E-state index contributed by atoms with van der Waals surface area (Å²) in [5, 5.41) is 3.83. The Morgan fingerprint density at radius 2 is 2.00 bits per heavy atom. The number of rotatable bonds is 4. The standard InChI is InChI=1S/C19H18ClFN2O/c1-12(2)13-3-6-18-14(9-13)7-8-23(18)11-19(24)22-15-4-5-17(21)16(20)10-15/h3-10,12H,11H2,1-2H3,(H,22,24). The average molecular weight is 345 g/mol. The molecule has 0 saturated carbocycles. The van der Waals surface area contributed by atoms with Gasteiger partial charge in [0, 0.05) is 17.4 Å². The molecule has 124 valence electrons. The van der Waals surface area contributed by atoms with Crippen LogP contribution in [0.25, 0.3) is 10.9 Å². The van der Waals surface area contributed by atoms with Gasteiger partial charge < -0.3 is 9.88 Å². The Kier molecular flexibility index (Phi) is 4.58. The van der Waals surface area contributed by atoms with Crippen LogP contribution in [-0.4, -0.2) is 10.5 Å².